The molecule has 0 radical (unpaired) electrons. The van der Waals surface area contributed by atoms with Gasteiger partial charge in [-0.25, -0.2) is 0 Å². The van der Waals surface area contributed by atoms with Crippen LogP contribution in [0.3, 0.4) is 0 Å². The van der Waals surface area contributed by atoms with Gasteiger partial charge in [0.05, 0.1) is 0 Å². The number of carboxylic acid groups (broad SMARTS) is 1. The number of esters is 1. The molecule has 1 atom stereocenters. The number of hydrogen-bond donors (Lipinski definition) is 1. The number of unbranched alkanes of at least 4 members (excludes halogenated alkanes) is 14. The molecule has 0 rings (SSSR count). The molecule has 4 heteroatoms. The molecule has 0 aromatic rings. The SMILES string of the molecule is CC/C=C\C/C=C\C/C=C\C/C=C\C/C=C\CCCCCCCC(=O)OC(CCCCCCCCCCCC)CCCC(=O)O. The van der Waals surface area contributed by atoms with Gasteiger partial charge >= 0.3 is 11.9 Å². The van der Waals surface area contributed by atoms with E-state index in [9.17, 15) is 9.59 Å². The molecule has 0 aromatic heterocycles. The van der Waals surface area contributed by atoms with Crippen LogP contribution in [0.1, 0.15) is 181 Å². The maximum atomic E-state index is 12.5. The van der Waals surface area contributed by atoms with Gasteiger partial charge in [0.25, 0.3) is 0 Å². The van der Waals surface area contributed by atoms with Crippen LogP contribution < -0.4 is 0 Å². The van der Waals surface area contributed by atoms with Crippen LogP contribution in [0, 0.1) is 0 Å². The third-order valence-corrected chi connectivity index (χ3v) is 8.00. The lowest BCUT2D eigenvalue weighted by Crippen LogP contribution is -2.18. The van der Waals surface area contributed by atoms with Gasteiger partial charge in [0.2, 0.25) is 0 Å². The first-order valence-corrected chi connectivity index (χ1v) is 18.8. The summed E-state index contributed by atoms with van der Waals surface area (Å²) in [5.74, 6) is -0.887. The van der Waals surface area contributed by atoms with Gasteiger partial charge in [0.1, 0.15) is 6.10 Å². The Morgan fingerprint density at radius 2 is 0.956 bits per heavy atom. The number of ether oxygens (including phenoxy) is 1. The first-order chi connectivity index (χ1) is 22.1. The van der Waals surface area contributed by atoms with Gasteiger partial charge in [0, 0.05) is 12.8 Å². The van der Waals surface area contributed by atoms with Crippen molar-refractivity contribution < 1.29 is 19.4 Å². The smallest absolute Gasteiger partial charge is 0.306 e. The summed E-state index contributed by atoms with van der Waals surface area (Å²) in [5.41, 5.74) is 0. The average Bonchev–Trinajstić information content (AvgIpc) is 3.02. The number of carbonyl (C=O) groups excluding carboxylic acids is 1. The van der Waals surface area contributed by atoms with Crippen LogP contribution in [0.25, 0.3) is 0 Å². The molecule has 0 fully saturated rings. The summed E-state index contributed by atoms with van der Waals surface area (Å²) >= 11 is 0. The quantitative estimate of drug-likeness (QED) is 0.0447. The first kappa shape index (κ1) is 42.6. The van der Waals surface area contributed by atoms with Crippen molar-refractivity contribution in [2.24, 2.45) is 0 Å². The zero-order valence-corrected chi connectivity index (χ0v) is 29.4. The molecule has 0 saturated heterocycles. The first-order valence-electron chi connectivity index (χ1n) is 18.8. The Labute approximate surface area is 278 Å². The van der Waals surface area contributed by atoms with E-state index in [1.54, 1.807) is 0 Å². The van der Waals surface area contributed by atoms with Gasteiger partial charge in [-0.2, -0.15) is 0 Å². The Bertz CT molecular complexity index is 804. The molecule has 45 heavy (non-hydrogen) atoms. The maximum absolute atomic E-state index is 12.5. The molecule has 0 amide bonds. The molecule has 0 aliphatic rings. The van der Waals surface area contributed by atoms with Gasteiger partial charge in [-0.1, -0.05) is 152 Å². The molecular formula is C41H70O4. The monoisotopic (exact) mass is 627 g/mol. The van der Waals surface area contributed by atoms with Crippen molar-refractivity contribution in [1.29, 1.82) is 0 Å². The van der Waals surface area contributed by atoms with Gasteiger partial charge in [-0.05, 0) is 77.0 Å². The van der Waals surface area contributed by atoms with E-state index in [0.29, 0.717) is 19.3 Å². The largest absolute Gasteiger partial charge is 0.481 e. The van der Waals surface area contributed by atoms with Crippen LogP contribution in [0.2, 0.25) is 0 Å². The van der Waals surface area contributed by atoms with E-state index in [4.69, 9.17) is 9.84 Å². The zero-order chi connectivity index (χ0) is 32.9. The van der Waals surface area contributed by atoms with Crippen molar-refractivity contribution in [2.75, 3.05) is 0 Å². The fourth-order valence-electron chi connectivity index (χ4n) is 5.28. The Morgan fingerprint density at radius 1 is 0.511 bits per heavy atom. The lowest BCUT2D eigenvalue weighted by molar-refractivity contribution is -0.150. The van der Waals surface area contributed by atoms with Crippen molar-refractivity contribution >= 4 is 11.9 Å². The van der Waals surface area contributed by atoms with E-state index in [1.807, 2.05) is 0 Å². The third-order valence-electron chi connectivity index (χ3n) is 8.00. The summed E-state index contributed by atoms with van der Waals surface area (Å²) in [6, 6.07) is 0. The molecule has 0 aromatic carbocycles. The Kier molecular flexibility index (Phi) is 34.2. The number of carbonyl (C=O) groups is 2. The van der Waals surface area contributed by atoms with Gasteiger partial charge in [0.15, 0.2) is 0 Å². The van der Waals surface area contributed by atoms with Crippen molar-refractivity contribution in [2.45, 2.75) is 187 Å². The molecule has 0 aliphatic heterocycles. The van der Waals surface area contributed by atoms with Crippen LogP contribution in [-0.4, -0.2) is 23.1 Å². The average molecular weight is 627 g/mol. The summed E-state index contributed by atoms with van der Waals surface area (Å²) in [4.78, 5) is 23.4. The number of rotatable bonds is 33. The lowest BCUT2D eigenvalue weighted by atomic mass is 10.0. The highest BCUT2D eigenvalue weighted by molar-refractivity contribution is 5.69. The zero-order valence-electron chi connectivity index (χ0n) is 29.4. The molecule has 1 unspecified atom stereocenters. The molecule has 0 spiro atoms. The van der Waals surface area contributed by atoms with E-state index in [1.165, 1.54) is 70.6 Å². The Balaban J connectivity index is 3.86. The van der Waals surface area contributed by atoms with Crippen LogP contribution in [-0.2, 0) is 14.3 Å². The molecule has 1 N–H and O–H groups in total. The van der Waals surface area contributed by atoms with Crippen molar-refractivity contribution in [3.8, 4) is 0 Å². The minimum atomic E-state index is -0.777. The minimum absolute atomic E-state index is 0.110. The van der Waals surface area contributed by atoms with Crippen molar-refractivity contribution in [3.63, 3.8) is 0 Å². The molecule has 0 heterocycles. The topological polar surface area (TPSA) is 63.6 Å². The number of carboxylic acids is 1. The van der Waals surface area contributed by atoms with Crippen molar-refractivity contribution in [3.05, 3.63) is 60.8 Å². The third kappa shape index (κ3) is 36.0. The Morgan fingerprint density at radius 3 is 1.49 bits per heavy atom. The van der Waals surface area contributed by atoms with E-state index >= 15 is 0 Å². The Hall–Kier alpha value is -2.36. The van der Waals surface area contributed by atoms with Crippen LogP contribution in [0.15, 0.2) is 60.8 Å². The number of hydrogen-bond acceptors (Lipinski definition) is 3. The normalized spacial score (nSPS) is 12.9. The highest BCUT2D eigenvalue weighted by Crippen LogP contribution is 2.18. The highest BCUT2D eigenvalue weighted by atomic mass is 16.5. The molecule has 0 bridgehead atoms. The second kappa shape index (κ2) is 36.1. The fourth-order valence-corrected chi connectivity index (χ4v) is 5.28. The van der Waals surface area contributed by atoms with Gasteiger partial charge in [-0.3, -0.25) is 9.59 Å². The van der Waals surface area contributed by atoms with E-state index in [2.05, 4.69) is 74.6 Å². The highest BCUT2D eigenvalue weighted by Gasteiger charge is 2.15. The molecule has 0 saturated carbocycles. The van der Waals surface area contributed by atoms with Crippen LogP contribution >= 0.6 is 0 Å². The second-order valence-electron chi connectivity index (χ2n) is 12.4. The standard InChI is InChI=1S/C41H70O4/c1-3-5-7-9-11-13-15-16-17-18-19-20-21-22-23-24-25-27-29-31-33-38-41(44)45-39(36-34-37-40(42)43)35-32-30-28-26-14-12-10-8-6-4-2/h5,7,11,13,16-17,19-20,22-23,39H,3-4,6,8-10,12,14-15,18,21,24-38H2,1-2H3,(H,42,43)/b7-5-,13-11-,17-16-,20-19-,23-22-. The van der Waals surface area contributed by atoms with Gasteiger partial charge < -0.3 is 9.84 Å². The molecule has 258 valence electrons. The van der Waals surface area contributed by atoms with Crippen LogP contribution in [0.4, 0.5) is 0 Å². The molecular weight excluding hydrogens is 556 g/mol. The van der Waals surface area contributed by atoms with Gasteiger partial charge in [-0.15, -0.1) is 0 Å². The summed E-state index contributed by atoms with van der Waals surface area (Å²) in [7, 11) is 0. The fraction of sp³-hybridized carbons (Fsp3) is 0.707. The number of allylic oxidation sites excluding steroid dienone is 10. The van der Waals surface area contributed by atoms with Crippen LogP contribution in [0.5, 0.6) is 0 Å². The molecule has 4 nitrogen and oxygen atoms in total. The molecule has 0 aliphatic carbocycles. The van der Waals surface area contributed by atoms with Crippen molar-refractivity contribution in [1.82, 2.24) is 0 Å². The summed E-state index contributed by atoms with van der Waals surface area (Å²) < 4.78 is 5.80. The lowest BCUT2D eigenvalue weighted by Gasteiger charge is -2.18. The number of aliphatic carboxylic acids is 1. The van der Waals surface area contributed by atoms with E-state index < -0.39 is 5.97 Å². The predicted octanol–water partition coefficient (Wildman–Crippen LogP) is 12.9. The maximum Gasteiger partial charge on any atom is 0.306 e. The summed E-state index contributed by atoms with van der Waals surface area (Å²) in [6.07, 6.45) is 49.4. The second-order valence-corrected chi connectivity index (χ2v) is 12.4. The minimum Gasteiger partial charge on any atom is -0.481 e. The summed E-state index contributed by atoms with van der Waals surface area (Å²) in [5, 5.41) is 8.99. The predicted molar refractivity (Wildman–Crippen MR) is 195 cm³/mol. The van der Waals surface area contributed by atoms with E-state index in [-0.39, 0.29) is 18.5 Å². The van der Waals surface area contributed by atoms with E-state index in [0.717, 1.165) is 70.6 Å². The summed E-state index contributed by atoms with van der Waals surface area (Å²) in [6.45, 7) is 4.41.